The maximum Gasteiger partial charge on any atom is 0.223 e. The zero-order valence-electron chi connectivity index (χ0n) is 7.48. The third-order valence-corrected chi connectivity index (χ3v) is 2.87. The SMILES string of the molecule is CCC(CCl)NC(=O)C1CCC1. The van der Waals surface area contributed by atoms with Gasteiger partial charge in [-0.25, -0.2) is 0 Å². The van der Waals surface area contributed by atoms with Gasteiger partial charge in [-0.15, -0.1) is 11.6 Å². The normalized spacial score (nSPS) is 19.8. The number of hydrogen-bond donors (Lipinski definition) is 1. The Hall–Kier alpha value is -0.240. The van der Waals surface area contributed by atoms with Crippen LogP contribution < -0.4 is 5.32 Å². The molecular formula is C9H16ClNO. The minimum atomic E-state index is 0.166. The summed E-state index contributed by atoms with van der Waals surface area (Å²) in [6, 6.07) is 0.166. The lowest BCUT2D eigenvalue weighted by atomic mass is 9.84. The largest absolute Gasteiger partial charge is 0.352 e. The van der Waals surface area contributed by atoms with Gasteiger partial charge < -0.3 is 5.32 Å². The Kier molecular flexibility index (Phi) is 3.86. The maximum atomic E-state index is 11.4. The highest BCUT2D eigenvalue weighted by molar-refractivity contribution is 6.18. The van der Waals surface area contributed by atoms with Gasteiger partial charge in [-0.1, -0.05) is 13.3 Å². The molecule has 1 saturated carbocycles. The van der Waals surface area contributed by atoms with Crippen LogP contribution in [0.25, 0.3) is 0 Å². The highest BCUT2D eigenvalue weighted by Crippen LogP contribution is 2.26. The third kappa shape index (κ3) is 2.37. The topological polar surface area (TPSA) is 29.1 Å². The first-order chi connectivity index (χ1) is 5.77. The maximum absolute atomic E-state index is 11.4. The van der Waals surface area contributed by atoms with Crippen LogP contribution in [0.3, 0.4) is 0 Å². The molecule has 0 aromatic carbocycles. The van der Waals surface area contributed by atoms with Crippen LogP contribution in [0, 0.1) is 5.92 Å². The van der Waals surface area contributed by atoms with E-state index >= 15 is 0 Å². The third-order valence-electron chi connectivity index (χ3n) is 2.50. The highest BCUT2D eigenvalue weighted by Gasteiger charge is 2.26. The number of alkyl halides is 1. The molecule has 0 bridgehead atoms. The summed E-state index contributed by atoms with van der Waals surface area (Å²) >= 11 is 5.66. The van der Waals surface area contributed by atoms with E-state index in [-0.39, 0.29) is 17.9 Å². The fourth-order valence-electron chi connectivity index (χ4n) is 1.24. The minimum absolute atomic E-state index is 0.166. The summed E-state index contributed by atoms with van der Waals surface area (Å²) in [6.45, 7) is 2.04. The van der Waals surface area contributed by atoms with Crippen LogP contribution in [0.4, 0.5) is 0 Å². The van der Waals surface area contributed by atoms with Crippen molar-refractivity contribution in [2.24, 2.45) is 5.92 Å². The summed E-state index contributed by atoms with van der Waals surface area (Å²) in [4.78, 5) is 11.4. The van der Waals surface area contributed by atoms with Crippen molar-refractivity contribution < 1.29 is 4.79 Å². The Morgan fingerprint density at radius 2 is 2.33 bits per heavy atom. The molecule has 2 nitrogen and oxygen atoms in total. The Labute approximate surface area is 78.7 Å². The van der Waals surface area contributed by atoms with E-state index in [1.165, 1.54) is 6.42 Å². The number of nitrogens with one attached hydrogen (secondary N) is 1. The van der Waals surface area contributed by atoms with Crippen molar-refractivity contribution in [2.75, 3.05) is 5.88 Å². The second kappa shape index (κ2) is 4.70. The molecule has 1 unspecified atom stereocenters. The summed E-state index contributed by atoms with van der Waals surface area (Å²) in [5, 5.41) is 2.95. The molecule has 1 atom stereocenters. The van der Waals surface area contributed by atoms with E-state index in [9.17, 15) is 4.79 Å². The van der Waals surface area contributed by atoms with Crippen LogP contribution in [0.5, 0.6) is 0 Å². The van der Waals surface area contributed by atoms with Crippen molar-refractivity contribution in [3.8, 4) is 0 Å². The molecule has 0 aromatic heterocycles. The van der Waals surface area contributed by atoms with Crippen molar-refractivity contribution in [2.45, 2.75) is 38.6 Å². The van der Waals surface area contributed by atoms with E-state index in [2.05, 4.69) is 5.32 Å². The number of halogens is 1. The second-order valence-electron chi connectivity index (χ2n) is 3.40. The molecule has 1 fully saturated rings. The van der Waals surface area contributed by atoms with Gasteiger partial charge in [0.25, 0.3) is 0 Å². The van der Waals surface area contributed by atoms with Gasteiger partial charge in [0.05, 0.1) is 0 Å². The summed E-state index contributed by atoms with van der Waals surface area (Å²) in [5.41, 5.74) is 0. The molecule has 0 spiro atoms. The molecule has 1 aliphatic rings. The average Bonchev–Trinajstić information content (AvgIpc) is 1.96. The molecule has 3 heteroatoms. The minimum Gasteiger partial charge on any atom is -0.352 e. The zero-order chi connectivity index (χ0) is 8.97. The average molecular weight is 190 g/mol. The molecule has 1 N–H and O–H groups in total. The molecule has 0 saturated heterocycles. The highest BCUT2D eigenvalue weighted by atomic mass is 35.5. The smallest absolute Gasteiger partial charge is 0.223 e. The lowest BCUT2D eigenvalue weighted by Gasteiger charge is -2.26. The van der Waals surface area contributed by atoms with E-state index in [0.717, 1.165) is 19.3 Å². The van der Waals surface area contributed by atoms with E-state index in [1.54, 1.807) is 0 Å². The van der Waals surface area contributed by atoms with Crippen LogP contribution in [0.15, 0.2) is 0 Å². The van der Waals surface area contributed by atoms with Crippen LogP contribution in [-0.4, -0.2) is 17.8 Å². The molecule has 1 amide bonds. The molecular weight excluding hydrogens is 174 g/mol. The Morgan fingerprint density at radius 1 is 1.67 bits per heavy atom. The number of carbonyl (C=O) groups excluding carboxylic acids is 1. The summed E-state index contributed by atoms with van der Waals surface area (Å²) in [6.07, 6.45) is 4.24. The summed E-state index contributed by atoms with van der Waals surface area (Å²) < 4.78 is 0. The van der Waals surface area contributed by atoms with E-state index < -0.39 is 0 Å². The Morgan fingerprint density at radius 3 is 2.67 bits per heavy atom. The Bertz CT molecular complexity index is 153. The van der Waals surface area contributed by atoms with Gasteiger partial charge in [-0.05, 0) is 19.3 Å². The van der Waals surface area contributed by atoms with E-state index in [4.69, 9.17) is 11.6 Å². The lowest BCUT2D eigenvalue weighted by molar-refractivity contribution is -0.128. The Balaban J connectivity index is 2.23. The van der Waals surface area contributed by atoms with Crippen LogP contribution in [-0.2, 0) is 4.79 Å². The van der Waals surface area contributed by atoms with E-state index in [0.29, 0.717) is 5.88 Å². The van der Waals surface area contributed by atoms with Crippen molar-refractivity contribution in [1.82, 2.24) is 5.32 Å². The van der Waals surface area contributed by atoms with Gasteiger partial charge in [-0.2, -0.15) is 0 Å². The van der Waals surface area contributed by atoms with Gasteiger partial charge in [-0.3, -0.25) is 4.79 Å². The number of amides is 1. The van der Waals surface area contributed by atoms with Crippen molar-refractivity contribution >= 4 is 17.5 Å². The summed E-state index contributed by atoms with van der Waals surface area (Å²) in [5.74, 6) is 1.01. The van der Waals surface area contributed by atoms with Gasteiger partial charge in [0.2, 0.25) is 5.91 Å². The molecule has 1 aliphatic carbocycles. The van der Waals surface area contributed by atoms with Gasteiger partial charge in [0.1, 0.15) is 0 Å². The van der Waals surface area contributed by atoms with Crippen LogP contribution in [0.2, 0.25) is 0 Å². The van der Waals surface area contributed by atoms with E-state index in [1.807, 2.05) is 6.92 Å². The molecule has 0 aromatic rings. The monoisotopic (exact) mass is 189 g/mol. The fraction of sp³-hybridized carbons (Fsp3) is 0.889. The molecule has 0 radical (unpaired) electrons. The van der Waals surface area contributed by atoms with Gasteiger partial charge in [0, 0.05) is 17.8 Å². The zero-order valence-corrected chi connectivity index (χ0v) is 8.23. The quantitative estimate of drug-likeness (QED) is 0.673. The predicted octanol–water partition coefficient (Wildman–Crippen LogP) is 1.92. The molecule has 12 heavy (non-hydrogen) atoms. The van der Waals surface area contributed by atoms with Crippen molar-refractivity contribution in [1.29, 1.82) is 0 Å². The van der Waals surface area contributed by atoms with Crippen LogP contribution >= 0.6 is 11.6 Å². The molecule has 0 heterocycles. The first kappa shape index (κ1) is 9.85. The number of hydrogen-bond acceptors (Lipinski definition) is 1. The first-order valence-electron chi connectivity index (χ1n) is 4.64. The number of rotatable bonds is 4. The van der Waals surface area contributed by atoms with Gasteiger partial charge >= 0.3 is 0 Å². The second-order valence-corrected chi connectivity index (χ2v) is 3.70. The summed E-state index contributed by atoms with van der Waals surface area (Å²) in [7, 11) is 0. The predicted molar refractivity (Wildman–Crippen MR) is 50.3 cm³/mol. The fourth-order valence-corrected chi connectivity index (χ4v) is 1.53. The first-order valence-corrected chi connectivity index (χ1v) is 5.17. The van der Waals surface area contributed by atoms with Gasteiger partial charge in [0.15, 0.2) is 0 Å². The number of carbonyl (C=O) groups is 1. The molecule has 0 aliphatic heterocycles. The van der Waals surface area contributed by atoms with Crippen molar-refractivity contribution in [3.05, 3.63) is 0 Å². The molecule has 70 valence electrons. The standard InChI is InChI=1S/C9H16ClNO/c1-2-8(6-10)11-9(12)7-4-3-5-7/h7-8H,2-6H2,1H3,(H,11,12). The van der Waals surface area contributed by atoms with Crippen molar-refractivity contribution in [3.63, 3.8) is 0 Å². The lowest BCUT2D eigenvalue weighted by Crippen LogP contribution is -2.41. The molecule has 1 rings (SSSR count). The van der Waals surface area contributed by atoms with Crippen LogP contribution in [0.1, 0.15) is 32.6 Å².